The second-order valence-corrected chi connectivity index (χ2v) is 4.81. The van der Waals surface area contributed by atoms with Crippen LogP contribution in [0.2, 0.25) is 5.15 Å². The first kappa shape index (κ1) is 12.6. The summed E-state index contributed by atoms with van der Waals surface area (Å²) < 4.78 is 0. The van der Waals surface area contributed by atoms with Gasteiger partial charge in [0.05, 0.1) is 6.61 Å². The van der Waals surface area contributed by atoms with Crippen molar-refractivity contribution < 1.29 is 5.11 Å². The lowest BCUT2D eigenvalue weighted by Gasteiger charge is -2.20. The number of halogens is 1. The van der Waals surface area contributed by atoms with Gasteiger partial charge in [-0.3, -0.25) is 0 Å². The molecule has 0 saturated heterocycles. The van der Waals surface area contributed by atoms with Crippen LogP contribution in [0.3, 0.4) is 0 Å². The van der Waals surface area contributed by atoms with Gasteiger partial charge in [0, 0.05) is 18.5 Å². The minimum Gasteiger partial charge on any atom is -0.395 e. The normalized spacial score (nSPS) is 17.1. The predicted octanol–water partition coefficient (Wildman–Crippen LogP) is 2.58. The van der Waals surface area contributed by atoms with Gasteiger partial charge in [0.1, 0.15) is 16.8 Å². The Kier molecular flexibility index (Phi) is 4.57. The van der Waals surface area contributed by atoms with E-state index in [-0.39, 0.29) is 6.61 Å². The molecule has 0 atom stereocenters. The minimum absolute atomic E-state index is 0.0837. The van der Waals surface area contributed by atoms with E-state index in [1.165, 1.54) is 19.3 Å². The van der Waals surface area contributed by atoms with E-state index in [4.69, 9.17) is 16.7 Å². The molecule has 0 aromatic carbocycles. The Balaban J connectivity index is 2.12. The summed E-state index contributed by atoms with van der Waals surface area (Å²) in [6.45, 7) is 0.567. The number of anilines is 1. The van der Waals surface area contributed by atoms with Crippen LogP contribution in [-0.2, 0) is 0 Å². The molecular weight excluding hydrogens is 238 g/mol. The standard InChI is InChI=1S/C12H18ClN3O/c13-10-8-11(14-6-7-17)16-12(15-10)9-4-2-1-3-5-9/h8-9,17H,1-7H2,(H,14,15,16). The van der Waals surface area contributed by atoms with Crippen molar-refractivity contribution in [2.24, 2.45) is 0 Å². The van der Waals surface area contributed by atoms with Crippen molar-refractivity contribution >= 4 is 17.4 Å². The molecule has 2 rings (SSSR count). The summed E-state index contributed by atoms with van der Waals surface area (Å²) in [4.78, 5) is 8.79. The van der Waals surface area contributed by atoms with Crippen molar-refractivity contribution in [1.82, 2.24) is 9.97 Å². The van der Waals surface area contributed by atoms with Crippen molar-refractivity contribution in [2.75, 3.05) is 18.5 Å². The quantitative estimate of drug-likeness (QED) is 0.812. The van der Waals surface area contributed by atoms with Gasteiger partial charge in [0.25, 0.3) is 0 Å². The van der Waals surface area contributed by atoms with Crippen molar-refractivity contribution in [1.29, 1.82) is 0 Å². The summed E-state index contributed by atoms with van der Waals surface area (Å²) in [7, 11) is 0. The number of nitrogens with zero attached hydrogens (tertiary/aromatic N) is 2. The molecule has 0 aliphatic heterocycles. The first-order chi connectivity index (χ1) is 8.29. The number of aromatic nitrogens is 2. The maximum atomic E-state index is 8.78. The largest absolute Gasteiger partial charge is 0.395 e. The molecule has 0 unspecified atom stereocenters. The molecule has 1 aromatic rings. The fraction of sp³-hybridized carbons (Fsp3) is 0.667. The van der Waals surface area contributed by atoms with Crippen LogP contribution < -0.4 is 5.32 Å². The van der Waals surface area contributed by atoms with E-state index >= 15 is 0 Å². The smallest absolute Gasteiger partial charge is 0.135 e. The predicted molar refractivity (Wildman–Crippen MR) is 68.4 cm³/mol. The Morgan fingerprint density at radius 3 is 2.76 bits per heavy atom. The Morgan fingerprint density at radius 2 is 2.06 bits per heavy atom. The molecule has 4 nitrogen and oxygen atoms in total. The molecule has 0 amide bonds. The van der Waals surface area contributed by atoms with E-state index in [1.807, 2.05) is 0 Å². The highest BCUT2D eigenvalue weighted by Crippen LogP contribution is 2.31. The molecule has 0 bridgehead atoms. The van der Waals surface area contributed by atoms with Gasteiger partial charge in [-0.2, -0.15) is 0 Å². The van der Waals surface area contributed by atoms with Crippen LogP contribution >= 0.6 is 11.6 Å². The Labute approximate surface area is 106 Å². The highest BCUT2D eigenvalue weighted by Gasteiger charge is 2.19. The first-order valence-corrected chi connectivity index (χ1v) is 6.56. The monoisotopic (exact) mass is 255 g/mol. The lowest BCUT2D eigenvalue weighted by Crippen LogP contribution is -2.12. The van der Waals surface area contributed by atoms with Crippen LogP contribution in [0.4, 0.5) is 5.82 Å². The number of nitrogens with one attached hydrogen (secondary N) is 1. The van der Waals surface area contributed by atoms with Crippen molar-refractivity contribution in [2.45, 2.75) is 38.0 Å². The number of hydrogen-bond acceptors (Lipinski definition) is 4. The molecule has 1 fully saturated rings. The van der Waals surface area contributed by atoms with Gasteiger partial charge >= 0.3 is 0 Å². The summed E-state index contributed by atoms with van der Waals surface area (Å²) in [6.07, 6.45) is 6.12. The summed E-state index contributed by atoms with van der Waals surface area (Å²) in [5, 5.41) is 12.3. The van der Waals surface area contributed by atoms with Crippen LogP contribution in [0.25, 0.3) is 0 Å². The number of aliphatic hydroxyl groups excluding tert-OH is 1. The Bertz CT molecular complexity index is 367. The Morgan fingerprint density at radius 1 is 1.29 bits per heavy atom. The van der Waals surface area contributed by atoms with E-state index in [0.29, 0.717) is 23.4 Å². The second-order valence-electron chi connectivity index (χ2n) is 4.42. The van der Waals surface area contributed by atoms with E-state index in [0.717, 1.165) is 18.7 Å². The van der Waals surface area contributed by atoms with Crippen LogP contribution in [-0.4, -0.2) is 28.2 Å². The maximum absolute atomic E-state index is 8.78. The summed E-state index contributed by atoms with van der Waals surface area (Å²) >= 11 is 5.99. The van der Waals surface area contributed by atoms with Crippen LogP contribution in [0.15, 0.2) is 6.07 Å². The van der Waals surface area contributed by atoms with Crippen LogP contribution in [0.5, 0.6) is 0 Å². The molecule has 0 spiro atoms. The highest BCUT2D eigenvalue weighted by atomic mass is 35.5. The van der Waals surface area contributed by atoms with Crippen molar-refractivity contribution in [3.8, 4) is 0 Å². The molecule has 1 saturated carbocycles. The highest BCUT2D eigenvalue weighted by molar-refractivity contribution is 6.29. The van der Waals surface area contributed by atoms with Gasteiger partial charge in [0.15, 0.2) is 0 Å². The number of rotatable bonds is 4. The molecule has 1 aliphatic carbocycles. The van der Waals surface area contributed by atoms with Crippen molar-refractivity contribution in [3.05, 3.63) is 17.0 Å². The summed E-state index contributed by atoms with van der Waals surface area (Å²) in [5.74, 6) is 1.99. The molecule has 17 heavy (non-hydrogen) atoms. The SMILES string of the molecule is OCCNc1cc(Cl)nc(C2CCCCC2)n1. The maximum Gasteiger partial charge on any atom is 0.135 e. The zero-order valence-electron chi connectivity index (χ0n) is 9.82. The average Bonchev–Trinajstić information content (AvgIpc) is 2.37. The van der Waals surface area contributed by atoms with E-state index in [1.54, 1.807) is 6.07 Å². The third kappa shape index (κ3) is 3.54. The second kappa shape index (κ2) is 6.17. The van der Waals surface area contributed by atoms with Gasteiger partial charge in [-0.05, 0) is 12.8 Å². The topological polar surface area (TPSA) is 58.0 Å². The zero-order chi connectivity index (χ0) is 12.1. The van der Waals surface area contributed by atoms with Gasteiger partial charge in [-0.25, -0.2) is 9.97 Å². The molecule has 0 radical (unpaired) electrons. The molecular formula is C12H18ClN3O. The number of aliphatic hydroxyl groups is 1. The molecule has 94 valence electrons. The molecule has 5 heteroatoms. The van der Waals surface area contributed by atoms with Crippen molar-refractivity contribution in [3.63, 3.8) is 0 Å². The lowest BCUT2D eigenvalue weighted by molar-refractivity contribution is 0.311. The minimum atomic E-state index is 0.0837. The molecule has 2 N–H and O–H groups in total. The van der Waals surface area contributed by atoms with Gasteiger partial charge in [-0.1, -0.05) is 30.9 Å². The van der Waals surface area contributed by atoms with Gasteiger partial charge in [-0.15, -0.1) is 0 Å². The fourth-order valence-corrected chi connectivity index (χ4v) is 2.44. The zero-order valence-corrected chi connectivity index (χ0v) is 10.6. The molecule has 1 aromatic heterocycles. The summed E-state index contributed by atoms with van der Waals surface area (Å²) in [6, 6.07) is 1.70. The molecule has 1 aliphatic rings. The van der Waals surface area contributed by atoms with Crippen LogP contribution in [0.1, 0.15) is 43.8 Å². The summed E-state index contributed by atoms with van der Waals surface area (Å²) in [5.41, 5.74) is 0. The van der Waals surface area contributed by atoms with E-state index in [2.05, 4.69) is 15.3 Å². The van der Waals surface area contributed by atoms with E-state index in [9.17, 15) is 0 Å². The van der Waals surface area contributed by atoms with E-state index < -0.39 is 0 Å². The van der Waals surface area contributed by atoms with Gasteiger partial charge < -0.3 is 10.4 Å². The molecule has 1 heterocycles. The Hall–Kier alpha value is -0.870. The third-order valence-electron chi connectivity index (χ3n) is 3.10. The third-order valence-corrected chi connectivity index (χ3v) is 3.29. The first-order valence-electron chi connectivity index (χ1n) is 6.19. The number of hydrogen-bond donors (Lipinski definition) is 2. The fourth-order valence-electron chi connectivity index (χ4n) is 2.25. The van der Waals surface area contributed by atoms with Crippen LogP contribution in [0, 0.1) is 0 Å². The lowest BCUT2D eigenvalue weighted by atomic mass is 9.89. The average molecular weight is 256 g/mol. The van der Waals surface area contributed by atoms with Gasteiger partial charge in [0.2, 0.25) is 0 Å².